The molecule has 1 aliphatic heterocycles. The maximum atomic E-state index is 9.80. The summed E-state index contributed by atoms with van der Waals surface area (Å²) in [5, 5.41) is 9.80. The fourth-order valence-electron chi connectivity index (χ4n) is 1.69. The van der Waals surface area contributed by atoms with Crippen molar-refractivity contribution in [3.8, 4) is 0 Å². The summed E-state index contributed by atoms with van der Waals surface area (Å²) in [6, 6.07) is 0.119. The minimum Gasteiger partial charge on any atom is -0.389 e. The molecule has 0 unspecified atom stereocenters. The van der Waals surface area contributed by atoms with Crippen molar-refractivity contribution >= 4 is 0 Å². The van der Waals surface area contributed by atoms with Crippen LogP contribution in [0.1, 0.15) is 13.3 Å². The van der Waals surface area contributed by atoms with E-state index in [-0.39, 0.29) is 18.4 Å². The predicted octanol–water partition coefficient (Wildman–Crippen LogP) is 0.0588. The molecule has 0 aromatic carbocycles. The van der Waals surface area contributed by atoms with E-state index in [4.69, 9.17) is 9.47 Å². The Kier molecular flexibility index (Phi) is 3.67. The van der Waals surface area contributed by atoms with Gasteiger partial charge in [-0.2, -0.15) is 0 Å². The highest BCUT2D eigenvalue weighted by molar-refractivity contribution is 4.85. The van der Waals surface area contributed by atoms with E-state index in [1.54, 1.807) is 7.11 Å². The van der Waals surface area contributed by atoms with Gasteiger partial charge in [-0.3, -0.25) is 0 Å². The Balaban J connectivity index is 2.60. The summed E-state index contributed by atoms with van der Waals surface area (Å²) in [6.07, 6.45) is -0.0621. The van der Waals surface area contributed by atoms with Crippen molar-refractivity contribution in [1.82, 2.24) is 4.90 Å². The summed E-state index contributed by atoms with van der Waals surface area (Å²) in [5.74, 6) is 0. The van der Waals surface area contributed by atoms with Crippen molar-refractivity contribution in [3.63, 3.8) is 0 Å². The van der Waals surface area contributed by atoms with Crippen LogP contribution in [0.15, 0.2) is 0 Å². The van der Waals surface area contributed by atoms with Crippen LogP contribution in [0, 0.1) is 0 Å². The maximum Gasteiger partial charge on any atom is 0.159 e. The fraction of sp³-hybridized carbons (Fsp3) is 1.00. The lowest BCUT2D eigenvalue weighted by Gasteiger charge is -2.40. The Hall–Kier alpha value is -0.160. The Labute approximate surface area is 79.4 Å². The molecule has 1 fully saturated rings. The minimum absolute atomic E-state index is 0.119. The molecule has 0 aromatic heterocycles. The second-order valence-electron chi connectivity index (χ2n) is 3.76. The predicted molar refractivity (Wildman–Crippen MR) is 49.4 cm³/mol. The molecule has 1 aliphatic rings. The van der Waals surface area contributed by atoms with Gasteiger partial charge in [-0.1, -0.05) is 0 Å². The number of nitrogens with zero attached hydrogens (tertiary/aromatic N) is 1. The Morgan fingerprint density at radius 3 is 2.54 bits per heavy atom. The summed E-state index contributed by atoms with van der Waals surface area (Å²) in [7, 11) is 5.54. The van der Waals surface area contributed by atoms with Crippen molar-refractivity contribution in [2.45, 2.75) is 37.9 Å². The molecule has 4 nitrogen and oxygen atoms in total. The first-order chi connectivity index (χ1) is 6.06. The second-order valence-corrected chi connectivity index (χ2v) is 3.76. The molecule has 0 aliphatic carbocycles. The third-order valence-electron chi connectivity index (χ3n) is 2.60. The van der Waals surface area contributed by atoms with E-state index in [0.717, 1.165) is 6.42 Å². The van der Waals surface area contributed by atoms with Crippen LogP contribution >= 0.6 is 0 Å². The van der Waals surface area contributed by atoms with Gasteiger partial charge in [-0.05, 0) is 21.0 Å². The van der Waals surface area contributed by atoms with E-state index in [2.05, 4.69) is 0 Å². The first-order valence-corrected chi connectivity index (χ1v) is 4.59. The van der Waals surface area contributed by atoms with Gasteiger partial charge >= 0.3 is 0 Å². The SMILES string of the molecule is CO[C@H]1C[C@H](N(C)C)[C@@H](O)[C@H](C)O1. The van der Waals surface area contributed by atoms with E-state index in [1.165, 1.54) is 0 Å². The molecule has 78 valence electrons. The van der Waals surface area contributed by atoms with Crippen LogP contribution in [-0.2, 0) is 9.47 Å². The monoisotopic (exact) mass is 189 g/mol. The lowest BCUT2D eigenvalue weighted by atomic mass is 9.99. The van der Waals surface area contributed by atoms with Gasteiger partial charge in [0.2, 0.25) is 0 Å². The number of likely N-dealkylation sites (N-methyl/N-ethyl adjacent to an activating group) is 1. The second kappa shape index (κ2) is 4.37. The number of ether oxygens (including phenoxy) is 2. The van der Waals surface area contributed by atoms with Gasteiger partial charge in [0.05, 0.1) is 12.2 Å². The third-order valence-corrected chi connectivity index (χ3v) is 2.60. The lowest BCUT2D eigenvalue weighted by Crippen LogP contribution is -2.53. The van der Waals surface area contributed by atoms with Crippen LogP contribution in [-0.4, -0.2) is 55.8 Å². The maximum absolute atomic E-state index is 9.80. The first-order valence-electron chi connectivity index (χ1n) is 4.59. The van der Waals surface area contributed by atoms with Gasteiger partial charge < -0.3 is 19.5 Å². The molecule has 0 radical (unpaired) electrons. The van der Waals surface area contributed by atoms with Crippen molar-refractivity contribution in [2.24, 2.45) is 0 Å². The molecule has 0 amide bonds. The Morgan fingerprint density at radius 2 is 2.08 bits per heavy atom. The summed E-state index contributed by atoms with van der Waals surface area (Å²) in [6.45, 7) is 1.87. The summed E-state index contributed by atoms with van der Waals surface area (Å²) < 4.78 is 10.6. The molecule has 0 aromatic rings. The van der Waals surface area contributed by atoms with E-state index in [1.807, 2.05) is 25.9 Å². The smallest absolute Gasteiger partial charge is 0.159 e. The highest BCUT2D eigenvalue weighted by Crippen LogP contribution is 2.23. The summed E-state index contributed by atoms with van der Waals surface area (Å²) in [4.78, 5) is 2.01. The Bertz CT molecular complexity index is 163. The molecule has 1 saturated heterocycles. The number of aliphatic hydroxyl groups excluding tert-OH is 1. The van der Waals surface area contributed by atoms with E-state index in [0.29, 0.717) is 0 Å². The topological polar surface area (TPSA) is 41.9 Å². The number of aliphatic hydroxyl groups is 1. The van der Waals surface area contributed by atoms with Crippen molar-refractivity contribution in [2.75, 3.05) is 21.2 Å². The molecule has 1 rings (SSSR count). The minimum atomic E-state index is -0.429. The van der Waals surface area contributed by atoms with Gasteiger partial charge in [0, 0.05) is 19.6 Å². The fourth-order valence-corrected chi connectivity index (χ4v) is 1.69. The normalized spacial score (nSPS) is 41.1. The summed E-state index contributed by atoms with van der Waals surface area (Å²) in [5.41, 5.74) is 0. The van der Waals surface area contributed by atoms with Gasteiger partial charge in [-0.15, -0.1) is 0 Å². The van der Waals surface area contributed by atoms with Crippen molar-refractivity contribution < 1.29 is 14.6 Å². The molecule has 1 N–H and O–H groups in total. The zero-order valence-electron chi connectivity index (χ0n) is 8.73. The van der Waals surface area contributed by atoms with Gasteiger partial charge in [0.1, 0.15) is 0 Å². The molecule has 0 spiro atoms. The van der Waals surface area contributed by atoms with E-state index >= 15 is 0 Å². The lowest BCUT2D eigenvalue weighted by molar-refractivity contribution is -0.224. The highest BCUT2D eigenvalue weighted by Gasteiger charge is 2.36. The van der Waals surface area contributed by atoms with E-state index < -0.39 is 6.10 Å². The van der Waals surface area contributed by atoms with Crippen LogP contribution in [0.25, 0.3) is 0 Å². The van der Waals surface area contributed by atoms with E-state index in [9.17, 15) is 5.11 Å². The number of hydrogen-bond acceptors (Lipinski definition) is 4. The third kappa shape index (κ3) is 2.40. The van der Waals surface area contributed by atoms with Crippen molar-refractivity contribution in [1.29, 1.82) is 0 Å². The van der Waals surface area contributed by atoms with Gasteiger partial charge in [-0.25, -0.2) is 0 Å². The number of hydrogen-bond donors (Lipinski definition) is 1. The summed E-state index contributed by atoms with van der Waals surface area (Å²) >= 11 is 0. The average Bonchev–Trinajstić information content (AvgIpc) is 2.09. The quantitative estimate of drug-likeness (QED) is 0.667. The average molecular weight is 189 g/mol. The molecule has 13 heavy (non-hydrogen) atoms. The van der Waals surface area contributed by atoms with Crippen LogP contribution < -0.4 is 0 Å². The molecule has 0 saturated carbocycles. The van der Waals surface area contributed by atoms with Gasteiger partial charge in [0.15, 0.2) is 6.29 Å². The number of rotatable bonds is 2. The first kappa shape index (κ1) is 10.9. The largest absolute Gasteiger partial charge is 0.389 e. The molecule has 4 heteroatoms. The standard InChI is InChI=1S/C9H19NO3/c1-6-9(11)7(10(2)3)5-8(12-4)13-6/h6-9,11H,5H2,1-4H3/t6-,7-,8+,9-/m0/s1. The zero-order valence-corrected chi connectivity index (χ0v) is 8.73. The highest BCUT2D eigenvalue weighted by atomic mass is 16.7. The molecule has 4 atom stereocenters. The Morgan fingerprint density at radius 1 is 1.46 bits per heavy atom. The van der Waals surface area contributed by atoms with Crippen molar-refractivity contribution in [3.05, 3.63) is 0 Å². The van der Waals surface area contributed by atoms with Crippen LogP contribution in [0.2, 0.25) is 0 Å². The molecular weight excluding hydrogens is 170 g/mol. The van der Waals surface area contributed by atoms with Crippen LogP contribution in [0.3, 0.4) is 0 Å². The number of methoxy groups -OCH3 is 1. The van der Waals surface area contributed by atoms with Crippen LogP contribution in [0.5, 0.6) is 0 Å². The van der Waals surface area contributed by atoms with Crippen LogP contribution in [0.4, 0.5) is 0 Å². The zero-order chi connectivity index (χ0) is 10.0. The molecule has 1 heterocycles. The van der Waals surface area contributed by atoms with Gasteiger partial charge in [0.25, 0.3) is 0 Å². The molecular formula is C9H19NO3. The molecule has 0 bridgehead atoms.